The third-order valence-electron chi connectivity index (χ3n) is 4.52. The van der Waals surface area contributed by atoms with Crippen LogP contribution < -0.4 is 0 Å². The van der Waals surface area contributed by atoms with Crippen molar-refractivity contribution in [2.24, 2.45) is 7.05 Å². The van der Waals surface area contributed by atoms with E-state index in [4.69, 9.17) is 11.6 Å². The van der Waals surface area contributed by atoms with Gasteiger partial charge in [-0.1, -0.05) is 41.9 Å². The fourth-order valence-corrected chi connectivity index (χ4v) is 3.46. The Morgan fingerprint density at radius 1 is 1.17 bits per heavy atom. The number of carboxylic acids is 1. The van der Waals surface area contributed by atoms with E-state index in [-0.39, 0.29) is 5.15 Å². The van der Waals surface area contributed by atoms with E-state index < -0.39 is 12.0 Å². The number of likely N-dealkylation sites (N-methyl/N-ethyl adjacent to an activating group) is 1. The van der Waals surface area contributed by atoms with E-state index in [9.17, 15) is 9.90 Å². The third kappa shape index (κ3) is 3.17. The molecular formula is C17H21ClN4O2. The van der Waals surface area contributed by atoms with Crippen molar-refractivity contribution in [2.75, 3.05) is 33.2 Å². The van der Waals surface area contributed by atoms with Crippen molar-refractivity contribution in [3.8, 4) is 11.4 Å². The maximum absolute atomic E-state index is 12.0. The van der Waals surface area contributed by atoms with Crippen LogP contribution in [0, 0.1) is 0 Å². The van der Waals surface area contributed by atoms with E-state index in [1.54, 1.807) is 4.57 Å². The quantitative estimate of drug-likeness (QED) is 0.917. The molecule has 2 aromatic rings. The number of benzene rings is 1. The molecule has 1 fully saturated rings. The Labute approximate surface area is 146 Å². The van der Waals surface area contributed by atoms with Crippen LogP contribution >= 0.6 is 11.6 Å². The van der Waals surface area contributed by atoms with Gasteiger partial charge in [-0.15, -0.1) is 0 Å². The van der Waals surface area contributed by atoms with Crippen LogP contribution in [0.1, 0.15) is 11.7 Å². The predicted molar refractivity (Wildman–Crippen MR) is 93.1 cm³/mol. The van der Waals surface area contributed by atoms with Crippen LogP contribution in [0.3, 0.4) is 0 Å². The number of piperazine rings is 1. The standard InChI is InChI=1S/C17H21ClN4O2/c1-20-8-10-22(11-9-20)14(17(23)24)13-15(18)19-16(21(13)2)12-6-4-3-5-7-12/h3-7,14H,8-11H2,1-2H3,(H,23,24). The molecule has 1 unspecified atom stereocenters. The van der Waals surface area contributed by atoms with Crippen molar-refractivity contribution < 1.29 is 9.90 Å². The van der Waals surface area contributed by atoms with Crippen LogP contribution in [0.15, 0.2) is 30.3 Å². The molecule has 1 aromatic carbocycles. The van der Waals surface area contributed by atoms with Gasteiger partial charge in [-0.2, -0.15) is 0 Å². The molecule has 6 nitrogen and oxygen atoms in total. The SMILES string of the molecule is CN1CCN(C(C(=O)O)c2c(Cl)nc(-c3ccccc3)n2C)CC1. The fraction of sp³-hybridized carbons (Fsp3) is 0.412. The monoisotopic (exact) mass is 348 g/mol. The number of carbonyl (C=O) groups is 1. The highest BCUT2D eigenvalue weighted by molar-refractivity contribution is 6.30. The summed E-state index contributed by atoms with van der Waals surface area (Å²) >= 11 is 6.35. The second-order valence-corrected chi connectivity index (χ2v) is 6.47. The van der Waals surface area contributed by atoms with Gasteiger partial charge in [0.05, 0.1) is 5.69 Å². The van der Waals surface area contributed by atoms with Crippen LogP contribution in [0.5, 0.6) is 0 Å². The molecule has 24 heavy (non-hydrogen) atoms. The average Bonchev–Trinajstić information content (AvgIpc) is 2.86. The summed E-state index contributed by atoms with van der Waals surface area (Å²) in [4.78, 5) is 20.5. The molecule has 0 saturated carbocycles. The van der Waals surface area contributed by atoms with Crippen molar-refractivity contribution in [3.05, 3.63) is 41.2 Å². The van der Waals surface area contributed by atoms with Gasteiger partial charge in [0.25, 0.3) is 0 Å². The number of imidazole rings is 1. The first-order chi connectivity index (χ1) is 11.5. The van der Waals surface area contributed by atoms with E-state index in [1.165, 1.54) is 0 Å². The maximum atomic E-state index is 12.0. The molecule has 3 rings (SSSR count). The molecule has 2 heterocycles. The zero-order valence-electron chi connectivity index (χ0n) is 13.8. The Morgan fingerprint density at radius 2 is 1.79 bits per heavy atom. The molecule has 128 valence electrons. The first-order valence-electron chi connectivity index (χ1n) is 7.92. The second kappa shape index (κ2) is 6.93. The lowest BCUT2D eigenvalue weighted by Gasteiger charge is -2.36. The molecule has 1 saturated heterocycles. The van der Waals surface area contributed by atoms with Gasteiger partial charge in [-0.3, -0.25) is 9.69 Å². The molecule has 1 atom stereocenters. The Balaban J connectivity index is 2.00. The van der Waals surface area contributed by atoms with Crippen molar-refractivity contribution in [1.82, 2.24) is 19.4 Å². The van der Waals surface area contributed by atoms with Crippen LogP contribution in [-0.2, 0) is 11.8 Å². The number of nitrogens with zero attached hydrogens (tertiary/aromatic N) is 4. The molecule has 1 N–H and O–H groups in total. The number of halogens is 1. The molecular weight excluding hydrogens is 328 g/mol. The number of hydrogen-bond acceptors (Lipinski definition) is 4. The number of aromatic nitrogens is 2. The number of rotatable bonds is 4. The number of aliphatic carboxylic acids is 1. The van der Waals surface area contributed by atoms with Crippen LogP contribution in [0.2, 0.25) is 5.15 Å². The summed E-state index contributed by atoms with van der Waals surface area (Å²) in [6.07, 6.45) is 0. The minimum absolute atomic E-state index is 0.252. The lowest BCUT2D eigenvalue weighted by atomic mass is 10.1. The molecule has 0 spiro atoms. The second-order valence-electron chi connectivity index (χ2n) is 6.12. The molecule has 7 heteroatoms. The third-order valence-corrected chi connectivity index (χ3v) is 4.80. The highest BCUT2D eigenvalue weighted by Gasteiger charge is 2.34. The fourth-order valence-electron chi connectivity index (χ4n) is 3.15. The summed E-state index contributed by atoms with van der Waals surface area (Å²) in [7, 11) is 3.86. The van der Waals surface area contributed by atoms with Crippen LogP contribution in [0.25, 0.3) is 11.4 Å². The minimum Gasteiger partial charge on any atom is -0.480 e. The zero-order valence-corrected chi connectivity index (χ0v) is 14.6. The summed E-state index contributed by atoms with van der Waals surface area (Å²) in [6, 6.07) is 8.86. The normalized spacial score (nSPS) is 17.8. The van der Waals surface area contributed by atoms with Gasteiger partial charge >= 0.3 is 5.97 Å². The molecule has 0 bridgehead atoms. The van der Waals surface area contributed by atoms with Gasteiger partial charge in [-0.05, 0) is 7.05 Å². The molecule has 1 aliphatic heterocycles. The van der Waals surface area contributed by atoms with E-state index >= 15 is 0 Å². The van der Waals surface area contributed by atoms with E-state index in [0.717, 1.165) is 18.7 Å². The van der Waals surface area contributed by atoms with Gasteiger partial charge < -0.3 is 14.6 Å². The highest BCUT2D eigenvalue weighted by Crippen LogP contribution is 2.32. The molecule has 1 aromatic heterocycles. The predicted octanol–water partition coefficient (Wildman–Crippen LogP) is 2.11. The topological polar surface area (TPSA) is 61.6 Å². The van der Waals surface area contributed by atoms with Gasteiger partial charge in [0.1, 0.15) is 5.82 Å². The van der Waals surface area contributed by atoms with Gasteiger partial charge in [0, 0.05) is 38.8 Å². The highest BCUT2D eigenvalue weighted by atomic mass is 35.5. The van der Waals surface area contributed by atoms with Crippen molar-refractivity contribution in [3.63, 3.8) is 0 Å². The Kier molecular flexibility index (Phi) is 4.89. The van der Waals surface area contributed by atoms with E-state index in [2.05, 4.69) is 9.88 Å². The van der Waals surface area contributed by atoms with Gasteiger partial charge in [0.15, 0.2) is 11.2 Å². The van der Waals surface area contributed by atoms with Gasteiger partial charge in [0.2, 0.25) is 0 Å². The minimum atomic E-state index is -0.899. The Morgan fingerprint density at radius 3 is 2.38 bits per heavy atom. The Bertz CT molecular complexity index is 724. The van der Waals surface area contributed by atoms with Crippen molar-refractivity contribution >= 4 is 17.6 Å². The number of hydrogen-bond donors (Lipinski definition) is 1. The lowest BCUT2D eigenvalue weighted by molar-refractivity contribution is -0.144. The lowest BCUT2D eigenvalue weighted by Crippen LogP contribution is -2.48. The van der Waals surface area contributed by atoms with Gasteiger partial charge in [-0.25, -0.2) is 4.98 Å². The van der Waals surface area contributed by atoms with E-state index in [0.29, 0.717) is 24.6 Å². The summed E-state index contributed by atoms with van der Waals surface area (Å²) in [5, 5.41) is 10.1. The molecule has 0 radical (unpaired) electrons. The molecule has 1 aliphatic rings. The summed E-state index contributed by atoms with van der Waals surface area (Å²) in [5.41, 5.74) is 1.45. The maximum Gasteiger partial charge on any atom is 0.327 e. The summed E-state index contributed by atoms with van der Waals surface area (Å²) in [6.45, 7) is 3.06. The first-order valence-corrected chi connectivity index (χ1v) is 8.29. The first kappa shape index (κ1) is 17.0. The average molecular weight is 349 g/mol. The summed E-state index contributed by atoms with van der Waals surface area (Å²) < 4.78 is 1.80. The molecule has 0 aliphatic carbocycles. The van der Waals surface area contributed by atoms with Crippen LogP contribution in [-0.4, -0.2) is 63.7 Å². The largest absolute Gasteiger partial charge is 0.480 e. The molecule has 0 amide bonds. The van der Waals surface area contributed by atoms with Crippen molar-refractivity contribution in [2.45, 2.75) is 6.04 Å². The number of carboxylic acid groups (broad SMARTS) is 1. The smallest absolute Gasteiger partial charge is 0.327 e. The summed E-state index contributed by atoms with van der Waals surface area (Å²) in [5.74, 6) is -0.222. The zero-order chi connectivity index (χ0) is 17.3. The Hall–Kier alpha value is -1.89. The van der Waals surface area contributed by atoms with E-state index in [1.807, 2.05) is 49.3 Å². The van der Waals surface area contributed by atoms with Crippen molar-refractivity contribution in [1.29, 1.82) is 0 Å². The van der Waals surface area contributed by atoms with Crippen LogP contribution in [0.4, 0.5) is 0 Å².